The van der Waals surface area contributed by atoms with E-state index in [0.29, 0.717) is 5.17 Å². The van der Waals surface area contributed by atoms with Crippen molar-refractivity contribution < 1.29 is 0 Å². The number of hydrogen-bond donors (Lipinski definition) is 0. The molecule has 7 heavy (non-hydrogen) atoms. The second kappa shape index (κ2) is 3.88. The number of allylic oxidation sites excluding steroid dienone is 2. The molecule has 0 heterocycles. The predicted octanol–water partition coefficient (Wildman–Crippen LogP) is 1.83. The van der Waals surface area contributed by atoms with Crippen molar-refractivity contribution in [2.45, 2.75) is 6.92 Å². The first-order valence-corrected chi connectivity index (χ1v) is 2.44. The molecule has 0 bridgehead atoms. The van der Waals surface area contributed by atoms with Crippen molar-refractivity contribution in [1.29, 1.82) is 0 Å². The first kappa shape index (κ1) is 6.70. The van der Waals surface area contributed by atoms with E-state index in [1.807, 2.05) is 13.0 Å². The fourth-order valence-electron chi connectivity index (χ4n) is 0.212. The molecule has 0 aliphatic heterocycles. The Labute approximate surface area is 48.7 Å². The highest BCUT2D eigenvalue weighted by Crippen LogP contribution is 1.84. The highest BCUT2D eigenvalue weighted by atomic mass is 35.5. The largest absolute Gasteiger partial charge is 0.277 e. The highest BCUT2D eigenvalue weighted by molar-refractivity contribution is 6.68. The third-order valence-electron chi connectivity index (χ3n) is 0.518. The van der Waals surface area contributed by atoms with Crippen LogP contribution in [0, 0.1) is 0 Å². The Kier molecular flexibility index (Phi) is 3.71. The molecular formula is C5H8ClN. The monoisotopic (exact) mass is 117 g/mol. The Morgan fingerprint density at radius 2 is 2.29 bits per heavy atom. The van der Waals surface area contributed by atoms with E-state index >= 15 is 0 Å². The van der Waals surface area contributed by atoms with Gasteiger partial charge in [-0.25, -0.2) is 0 Å². The summed E-state index contributed by atoms with van der Waals surface area (Å²) in [6, 6.07) is 0. The Morgan fingerprint density at radius 3 is 2.43 bits per heavy atom. The van der Waals surface area contributed by atoms with Gasteiger partial charge in [-0.05, 0) is 13.0 Å². The van der Waals surface area contributed by atoms with Gasteiger partial charge in [0.05, 0.1) is 0 Å². The third-order valence-corrected chi connectivity index (χ3v) is 0.813. The van der Waals surface area contributed by atoms with Crippen molar-refractivity contribution in [3.63, 3.8) is 0 Å². The first-order valence-electron chi connectivity index (χ1n) is 2.06. The molecule has 1 nitrogen and oxygen atoms in total. The summed E-state index contributed by atoms with van der Waals surface area (Å²) in [5, 5.41) is 0.544. The van der Waals surface area contributed by atoms with Crippen molar-refractivity contribution in [3.8, 4) is 0 Å². The Hall–Kier alpha value is -0.300. The molecule has 40 valence electrons. The number of hydrogen-bond acceptors (Lipinski definition) is 1. The van der Waals surface area contributed by atoms with E-state index in [4.69, 9.17) is 11.6 Å². The second-order valence-electron chi connectivity index (χ2n) is 1.05. The van der Waals surface area contributed by atoms with Crippen LogP contribution in [0.1, 0.15) is 6.92 Å². The van der Waals surface area contributed by atoms with Gasteiger partial charge in [-0.1, -0.05) is 17.7 Å². The minimum Gasteiger partial charge on any atom is -0.277 e. The molecule has 0 aromatic rings. The standard InChI is InChI=1S/C5H8ClN/c1-3-4-5(6)7-2/h3-4H,1-2H3/b4-3+,7-5+. The van der Waals surface area contributed by atoms with Gasteiger partial charge >= 0.3 is 0 Å². The van der Waals surface area contributed by atoms with Crippen LogP contribution < -0.4 is 0 Å². The van der Waals surface area contributed by atoms with E-state index in [1.165, 1.54) is 0 Å². The maximum absolute atomic E-state index is 5.43. The molecule has 0 fully saturated rings. The predicted molar refractivity (Wildman–Crippen MR) is 34.0 cm³/mol. The van der Waals surface area contributed by atoms with E-state index < -0.39 is 0 Å². The molecule has 0 spiro atoms. The van der Waals surface area contributed by atoms with Gasteiger partial charge < -0.3 is 0 Å². The van der Waals surface area contributed by atoms with Crippen LogP contribution in [0.25, 0.3) is 0 Å². The lowest BCUT2D eigenvalue weighted by atomic mass is 10.6. The van der Waals surface area contributed by atoms with E-state index in [1.54, 1.807) is 13.1 Å². The Morgan fingerprint density at radius 1 is 1.71 bits per heavy atom. The molecule has 0 saturated heterocycles. The molecule has 0 saturated carbocycles. The summed E-state index contributed by atoms with van der Waals surface area (Å²) in [6.45, 7) is 1.90. The molecule has 0 unspecified atom stereocenters. The molecule has 0 aromatic heterocycles. The number of nitrogens with zero attached hydrogens (tertiary/aromatic N) is 1. The van der Waals surface area contributed by atoms with E-state index in [-0.39, 0.29) is 0 Å². The van der Waals surface area contributed by atoms with Crippen LogP contribution in [-0.2, 0) is 0 Å². The summed E-state index contributed by atoms with van der Waals surface area (Å²) >= 11 is 5.43. The van der Waals surface area contributed by atoms with E-state index in [0.717, 1.165) is 0 Å². The molecule has 0 aliphatic carbocycles. The zero-order valence-electron chi connectivity index (χ0n) is 4.48. The Bertz CT molecular complexity index is 94.3. The summed E-state index contributed by atoms with van der Waals surface area (Å²) < 4.78 is 0. The van der Waals surface area contributed by atoms with Crippen LogP contribution in [-0.4, -0.2) is 12.2 Å². The summed E-state index contributed by atoms with van der Waals surface area (Å²) in [6.07, 6.45) is 3.58. The molecule has 0 atom stereocenters. The van der Waals surface area contributed by atoms with Gasteiger partial charge in [-0.3, -0.25) is 4.99 Å². The van der Waals surface area contributed by atoms with Gasteiger partial charge in [-0.15, -0.1) is 0 Å². The van der Waals surface area contributed by atoms with Gasteiger partial charge in [0.15, 0.2) is 0 Å². The van der Waals surface area contributed by atoms with Crippen LogP contribution in [0.15, 0.2) is 17.1 Å². The fourth-order valence-corrected chi connectivity index (χ4v) is 0.338. The van der Waals surface area contributed by atoms with E-state index in [9.17, 15) is 0 Å². The lowest BCUT2D eigenvalue weighted by Gasteiger charge is -1.77. The third kappa shape index (κ3) is 3.53. The van der Waals surface area contributed by atoms with Crippen LogP contribution in [0.5, 0.6) is 0 Å². The number of aliphatic imine (C=N–C) groups is 1. The van der Waals surface area contributed by atoms with Gasteiger partial charge in [0.1, 0.15) is 5.17 Å². The van der Waals surface area contributed by atoms with Crippen molar-refractivity contribution >= 4 is 16.8 Å². The summed E-state index contributed by atoms with van der Waals surface area (Å²) in [5.74, 6) is 0. The average Bonchev–Trinajstić information content (AvgIpc) is 1.68. The van der Waals surface area contributed by atoms with Crippen LogP contribution >= 0.6 is 11.6 Å². The number of halogens is 1. The average molecular weight is 118 g/mol. The molecule has 0 N–H and O–H groups in total. The maximum atomic E-state index is 5.43. The van der Waals surface area contributed by atoms with Gasteiger partial charge in [0.2, 0.25) is 0 Å². The fraction of sp³-hybridized carbons (Fsp3) is 0.400. The normalized spacial score (nSPS) is 13.3. The first-order chi connectivity index (χ1) is 3.31. The SMILES string of the molecule is C/C=C/C(Cl)=N\C. The summed E-state index contributed by atoms with van der Waals surface area (Å²) in [5.41, 5.74) is 0. The van der Waals surface area contributed by atoms with Gasteiger partial charge in [-0.2, -0.15) is 0 Å². The smallest absolute Gasteiger partial charge is 0.122 e. The van der Waals surface area contributed by atoms with Gasteiger partial charge in [0, 0.05) is 7.05 Å². The molecule has 0 aromatic carbocycles. The molecule has 2 heteroatoms. The Balaban J connectivity index is 3.58. The molecular weight excluding hydrogens is 110 g/mol. The molecule has 0 amide bonds. The summed E-state index contributed by atoms with van der Waals surface area (Å²) in [7, 11) is 1.66. The van der Waals surface area contributed by atoms with Crippen LogP contribution in [0.3, 0.4) is 0 Å². The maximum Gasteiger partial charge on any atom is 0.122 e. The zero-order chi connectivity index (χ0) is 5.70. The quantitative estimate of drug-likeness (QED) is 0.465. The van der Waals surface area contributed by atoms with Crippen molar-refractivity contribution in [2.24, 2.45) is 4.99 Å². The zero-order valence-corrected chi connectivity index (χ0v) is 5.24. The molecule has 0 radical (unpaired) electrons. The minimum absolute atomic E-state index is 0.544. The van der Waals surface area contributed by atoms with E-state index in [2.05, 4.69) is 4.99 Å². The number of rotatable bonds is 1. The van der Waals surface area contributed by atoms with Crippen molar-refractivity contribution in [3.05, 3.63) is 12.2 Å². The minimum atomic E-state index is 0.544. The van der Waals surface area contributed by atoms with Crippen molar-refractivity contribution in [2.75, 3.05) is 7.05 Å². The molecule has 0 aliphatic rings. The lowest BCUT2D eigenvalue weighted by Crippen LogP contribution is -1.74. The van der Waals surface area contributed by atoms with Gasteiger partial charge in [0.25, 0.3) is 0 Å². The second-order valence-corrected chi connectivity index (χ2v) is 1.43. The molecule has 0 rings (SSSR count). The van der Waals surface area contributed by atoms with Crippen molar-refractivity contribution in [1.82, 2.24) is 0 Å². The van der Waals surface area contributed by atoms with Crippen LogP contribution in [0.4, 0.5) is 0 Å². The topological polar surface area (TPSA) is 12.4 Å². The summed E-state index contributed by atoms with van der Waals surface area (Å²) in [4.78, 5) is 3.67. The highest BCUT2D eigenvalue weighted by Gasteiger charge is 1.75. The van der Waals surface area contributed by atoms with Crippen LogP contribution in [0.2, 0.25) is 0 Å². The lowest BCUT2D eigenvalue weighted by molar-refractivity contribution is 1.47.